The summed E-state index contributed by atoms with van der Waals surface area (Å²) in [7, 11) is 2.98. The first kappa shape index (κ1) is 9.11. The molecule has 24 valence electrons. The van der Waals surface area contributed by atoms with Crippen LogP contribution in [0.2, 0.25) is 0 Å². The topological polar surface area (TPSA) is 0 Å². The van der Waals surface area contributed by atoms with Gasteiger partial charge in [0.1, 0.15) is 0 Å². The van der Waals surface area contributed by atoms with E-state index in [2.05, 4.69) is 8.86 Å². The molecule has 0 aromatic rings. The molecule has 5 heavy (non-hydrogen) atoms. The van der Waals surface area contributed by atoms with Crippen LogP contribution in [0.1, 0.15) is 0 Å². The summed E-state index contributed by atoms with van der Waals surface area (Å²) in [6.07, 6.45) is 1.41. The number of hydrogen-bond acceptors (Lipinski definition) is 0. The van der Waals surface area contributed by atoms with Crippen molar-refractivity contribution in [1.29, 1.82) is 0 Å². The van der Waals surface area contributed by atoms with Crippen molar-refractivity contribution < 1.29 is 19.5 Å². The van der Waals surface area contributed by atoms with Gasteiger partial charge in [-0.1, -0.05) is 0 Å². The Bertz CT molecular complexity index is 27.9. The fourth-order valence-electron chi connectivity index (χ4n) is 0. The zero-order chi connectivity index (χ0) is 3.41. The molecule has 0 saturated heterocycles. The first-order valence-corrected chi connectivity index (χ1v) is 1.53. The quantitative estimate of drug-likeness (QED) is 0.286. The Morgan fingerprint density at radius 3 is 1.80 bits per heavy atom. The molecule has 0 fully saturated rings. The molecule has 2 heteroatoms. The van der Waals surface area contributed by atoms with E-state index >= 15 is 0 Å². The average molecular weight is 136 g/mol. The summed E-state index contributed by atoms with van der Waals surface area (Å²) in [5, 5.41) is 0. The van der Waals surface area contributed by atoms with Crippen molar-refractivity contribution in [3.8, 4) is 0 Å². The maximum atomic E-state index is 4.80. The molecule has 0 aliphatic heterocycles. The fraction of sp³-hybridized carbons (Fsp3) is 0. The van der Waals surface area contributed by atoms with Gasteiger partial charge in [0.15, 0.2) is 0 Å². The molecule has 0 heterocycles. The second-order valence-corrected chi connectivity index (χ2v) is 0.692. The van der Waals surface area contributed by atoms with Gasteiger partial charge in [0, 0.05) is 19.5 Å². The largest absolute Gasteiger partial charge is 0.293 e. The fourth-order valence-corrected chi connectivity index (χ4v) is 0. The molecule has 0 bridgehead atoms. The van der Waals surface area contributed by atoms with Crippen LogP contribution < -0.4 is 0 Å². The van der Waals surface area contributed by atoms with Crippen molar-refractivity contribution in [1.82, 2.24) is 0 Å². The number of allylic oxidation sites excluding steroid dienone is 1. The van der Waals surface area contributed by atoms with Gasteiger partial charge in [-0.2, -0.15) is 5.80 Å². The van der Waals surface area contributed by atoms with E-state index in [4.69, 9.17) is 6.58 Å². The van der Waals surface area contributed by atoms with Crippen LogP contribution >= 0.6 is 8.86 Å². The van der Waals surface area contributed by atoms with E-state index < -0.39 is 0 Å². The standard InChI is InChI=1S/C3H4P.Zn/c1-2-3-4;/h1-4H;/q-1;. The van der Waals surface area contributed by atoms with Crippen LogP contribution in [0.15, 0.2) is 6.08 Å². The van der Waals surface area contributed by atoms with E-state index in [-0.39, 0.29) is 19.5 Å². The second-order valence-electron chi connectivity index (χ2n) is 0.359. The molecule has 0 saturated carbocycles. The maximum Gasteiger partial charge on any atom is 0 e. The monoisotopic (exact) mass is 135 g/mol. The summed E-state index contributed by atoms with van der Waals surface area (Å²) in [5.74, 6) is 1.58. The van der Waals surface area contributed by atoms with Crippen molar-refractivity contribution in [2.45, 2.75) is 0 Å². The van der Waals surface area contributed by atoms with Crippen LogP contribution in [-0.4, -0.2) is 5.80 Å². The van der Waals surface area contributed by atoms with Crippen LogP contribution in [0.5, 0.6) is 0 Å². The van der Waals surface area contributed by atoms with Gasteiger partial charge >= 0.3 is 0 Å². The van der Waals surface area contributed by atoms with Gasteiger partial charge < -0.3 is 0 Å². The molecule has 0 unspecified atom stereocenters. The summed E-state index contributed by atoms with van der Waals surface area (Å²) in [5.41, 5.74) is 0. The van der Waals surface area contributed by atoms with Crippen LogP contribution in [0, 0.1) is 6.58 Å². The third kappa shape index (κ3) is 12.4. The molecule has 0 rings (SSSR count). The molecule has 0 aromatic carbocycles. The van der Waals surface area contributed by atoms with Gasteiger partial charge in [-0.05, 0) is 0 Å². The van der Waals surface area contributed by atoms with Gasteiger partial charge in [-0.15, -0.1) is 0 Å². The molecule has 0 aliphatic carbocycles. The normalized spacial score (nSPS) is 4.00. The maximum absolute atomic E-state index is 4.80. The van der Waals surface area contributed by atoms with Crippen molar-refractivity contribution in [2.75, 3.05) is 0 Å². The van der Waals surface area contributed by atoms with E-state index in [1.54, 1.807) is 5.80 Å². The molecular weight excluding hydrogens is 132 g/mol. The minimum Gasteiger partial charge on any atom is -0.293 e. The predicted molar refractivity (Wildman–Crippen MR) is 23.2 cm³/mol. The predicted octanol–water partition coefficient (Wildman–Crippen LogP) is 0.918. The van der Waals surface area contributed by atoms with Gasteiger partial charge in [0.05, 0.1) is 0 Å². The zero-order valence-corrected chi connectivity index (χ0v) is 6.91. The number of rotatable bonds is 1. The van der Waals surface area contributed by atoms with Crippen LogP contribution in [0.4, 0.5) is 0 Å². The smallest absolute Gasteiger partial charge is 0 e. The number of hydrogen-bond donors (Lipinski definition) is 0. The summed E-state index contributed by atoms with van der Waals surface area (Å²) >= 11 is 0. The van der Waals surface area contributed by atoms with Crippen LogP contribution in [-0.2, 0) is 19.5 Å². The van der Waals surface area contributed by atoms with Crippen molar-refractivity contribution in [3.63, 3.8) is 0 Å². The molecule has 0 spiro atoms. The minimum absolute atomic E-state index is 0. The summed E-state index contributed by atoms with van der Waals surface area (Å²) in [6.45, 7) is 4.80. The molecule has 0 amide bonds. The van der Waals surface area contributed by atoms with Crippen molar-refractivity contribution in [2.24, 2.45) is 0 Å². The second kappa shape index (κ2) is 8.82. The SMILES string of the molecule is [CH-]=CC=P.[Zn]. The molecular formula is C3H4PZn-. The zero-order valence-electron chi connectivity index (χ0n) is 2.94. The Balaban J connectivity index is 0. The Labute approximate surface area is 47.3 Å². The third-order valence-corrected chi connectivity index (χ3v) is 0.289. The van der Waals surface area contributed by atoms with E-state index in [0.29, 0.717) is 0 Å². The minimum atomic E-state index is 0. The summed E-state index contributed by atoms with van der Waals surface area (Å²) in [6, 6.07) is 0. The first-order valence-electron chi connectivity index (χ1n) is 0.955. The van der Waals surface area contributed by atoms with E-state index in [0.717, 1.165) is 0 Å². The van der Waals surface area contributed by atoms with Gasteiger partial charge in [-0.25, -0.2) is 14.9 Å². The Kier molecular flexibility index (Phi) is 16.1. The molecule has 0 N–H and O–H groups in total. The van der Waals surface area contributed by atoms with Crippen LogP contribution in [0.3, 0.4) is 0 Å². The third-order valence-electron chi connectivity index (χ3n) is 0.0962. The van der Waals surface area contributed by atoms with Crippen LogP contribution in [0.25, 0.3) is 0 Å². The Morgan fingerprint density at radius 1 is 1.60 bits per heavy atom. The van der Waals surface area contributed by atoms with E-state index in [1.807, 2.05) is 0 Å². The molecule has 0 aliphatic rings. The summed E-state index contributed by atoms with van der Waals surface area (Å²) < 4.78 is 0. The molecule has 0 aromatic heterocycles. The van der Waals surface area contributed by atoms with E-state index in [1.165, 1.54) is 6.08 Å². The Morgan fingerprint density at radius 2 is 1.80 bits per heavy atom. The Hall–Kier alpha value is 0.533. The van der Waals surface area contributed by atoms with Gasteiger partial charge in [0.25, 0.3) is 0 Å². The summed E-state index contributed by atoms with van der Waals surface area (Å²) in [4.78, 5) is 0. The molecule has 0 radical (unpaired) electrons. The van der Waals surface area contributed by atoms with Gasteiger partial charge in [-0.3, -0.25) is 6.58 Å². The molecule has 0 atom stereocenters. The average Bonchev–Trinajstić information content (AvgIpc) is 1.37. The van der Waals surface area contributed by atoms with E-state index in [9.17, 15) is 0 Å². The first-order chi connectivity index (χ1) is 1.91. The van der Waals surface area contributed by atoms with Gasteiger partial charge in [0.2, 0.25) is 0 Å². The van der Waals surface area contributed by atoms with Crippen molar-refractivity contribution >= 4 is 14.7 Å². The molecule has 0 nitrogen and oxygen atoms in total. The van der Waals surface area contributed by atoms with Crippen molar-refractivity contribution in [3.05, 3.63) is 12.7 Å².